The normalized spacial score (nSPS) is 12.9. The van der Waals surface area contributed by atoms with E-state index < -0.39 is 0 Å². The number of fused-ring (bicyclic) bond motifs is 1. The summed E-state index contributed by atoms with van der Waals surface area (Å²) in [5.41, 5.74) is 1.80. The van der Waals surface area contributed by atoms with Gasteiger partial charge in [-0.05, 0) is 24.8 Å². The first-order valence-electron chi connectivity index (χ1n) is 6.52. The first-order valence-corrected chi connectivity index (χ1v) is 8.28. The molecule has 0 spiro atoms. The van der Waals surface area contributed by atoms with E-state index in [1.54, 1.807) is 18.4 Å². The van der Waals surface area contributed by atoms with Crippen molar-refractivity contribution >= 4 is 32.9 Å². The monoisotopic (exact) mass is 321 g/mol. The van der Waals surface area contributed by atoms with Gasteiger partial charge >= 0.3 is 0 Å². The van der Waals surface area contributed by atoms with Crippen LogP contribution >= 0.6 is 22.7 Å². The molecule has 110 valence electrons. The fourth-order valence-electron chi connectivity index (χ4n) is 2.08. The van der Waals surface area contributed by atoms with Crippen LogP contribution in [0.5, 0.6) is 0 Å². The number of nitrogens with one attached hydrogen (secondary N) is 1. The minimum atomic E-state index is -0.0746. The topological polar surface area (TPSA) is 67.9 Å². The summed E-state index contributed by atoms with van der Waals surface area (Å²) in [6.45, 7) is 3.89. The predicted molar refractivity (Wildman–Crippen MR) is 85.3 cm³/mol. The van der Waals surface area contributed by atoms with Crippen LogP contribution in [-0.4, -0.2) is 22.1 Å². The molecule has 3 heterocycles. The molecule has 0 aromatic carbocycles. The number of ether oxygens (including phenoxy) is 1. The molecule has 21 heavy (non-hydrogen) atoms. The van der Waals surface area contributed by atoms with Crippen molar-refractivity contribution in [2.75, 3.05) is 7.11 Å². The van der Waals surface area contributed by atoms with Crippen molar-refractivity contribution in [3.05, 3.63) is 43.2 Å². The number of nitrogens with zero attached hydrogens (tertiary/aromatic N) is 2. The van der Waals surface area contributed by atoms with Crippen molar-refractivity contribution in [2.24, 2.45) is 0 Å². The van der Waals surface area contributed by atoms with Crippen LogP contribution in [-0.2, 0) is 11.2 Å². The number of aryl methyl sites for hydroxylation is 1. The van der Waals surface area contributed by atoms with E-state index in [2.05, 4.69) is 15.0 Å². The summed E-state index contributed by atoms with van der Waals surface area (Å²) >= 11 is 3.06. The lowest BCUT2D eigenvalue weighted by molar-refractivity contribution is 0.119. The van der Waals surface area contributed by atoms with E-state index in [1.165, 1.54) is 11.3 Å². The minimum absolute atomic E-state index is 0.0156. The van der Waals surface area contributed by atoms with E-state index in [9.17, 15) is 4.79 Å². The van der Waals surface area contributed by atoms with Gasteiger partial charge in [0, 0.05) is 18.9 Å². The van der Waals surface area contributed by atoms with E-state index in [0.717, 1.165) is 21.1 Å². The Hall–Kier alpha value is -1.57. The maximum Gasteiger partial charge on any atom is 0.259 e. The molecule has 0 amide bonds. The van der Waals surface area contributed by atoms with Crippen LogP contribution in [0.4, 0.5) is 0 Å². The van der Waals surface area contributed by atoms with Crippen LogP contribution in [0.15, 0.2) is 15.6 Å². The third kappa shape index (κ3) is 2.76. The zero-order valence-corrected chi connectivity index (χ0v) is 13.6. The molecule has 5 nitrogen and oxygen atoms in total. The van der Waals surface area contributed by atoms with Crippen molar-refractivity contribution < 1.29 is 4.74 Å². The molecule has 0 saturated carbocycles. The lowest BCUT2D eigenvalue weighted by atomic mass is 10.2. The molecule has 1 atom stereocenters. The van der Waals surface area contributed by atoms with Crippen molar-refractivity contribution in [2.45, 2.75) is 26.4 Å². The Morgan fingerprint density at radius 1 is 1.33 bits per heavy atom. The maximum atomic E-state index is 12.1. The summed E-state index contributed by atoms with van der Waals surface area (Å²) in [7, 11) is 1.66. The largest absolute Gasteiger partial charge is 0.375 e. The molecule has 7 heteroatoms. The van der Waals surface area contributed by atoms with E-state index in [0.29, 0.717) is 17.6 Å². The van der Waals surface area contributed by atoms with Gasteiger partial charge in [0.15, 0.2) is 0 Å². The van der Waals surface area contributed by atoms with Gasteiger partial charge in [-0.1, -0.05) is 0 Å². The summed E-state index contributed by atoms with van der Waals surface area (Å²) < 4.78 is 5.26. The molecule has 0 aliphatic carbocycles. The van der Waals surface area contributed by atoms with Crippen molar-refractivity contribution in [3.8, 4) is 0 Å². The van der Waals surface area contributed by atoms with Gasteiger partial charge in [-0.25, -0.2) is 9.97 Å². The molecule has 0 saturated heterocycles. The minimum Gasteiger partial charge on any atom is -0.375 e. The summed E-state index contributed by atoms with van der Waals surface area (Å²) in [5.74, 6) is 0.649. The quantitative estimate of drug-likeness (QED) is 0.802. The average molecular weight is 321 g/mol. The van der Waals surface area contributed by atoms with E-state index in [1.807, 2.05) is 24.6 Å². The number of thiazole rings is 1. The lowest BCUT2D eigenvalue weighted by Crippen LogP contribution is -2.12. The number of methoxy groups -OCH3 is 1. The second-order valence-electron chi connectivity index (χ2n) is 4.84. The molecule has 0 aliphatic heterocycles. The van der Waals surface area contributed by atoms with Gasteiger partial charge in [-0.2, -0.15) is 0 Å². The van der Waals surface area contributed by atoms with Crippen molar-refractivity contribution in [3.63, 3.8) is 0 Å². The zero-order chi connectivity index (χ0) is 15.0. The molecule has 0 bridgehead atoms. The van der Waals surface area contributed by atoms with Crippen LogP contribution in [0, 0.1) is 6.92 Å². The van der Waals surface area contributed by atoms with Gasteiger partial charge < -0.3 is 9.72 Å². The third-order valence-electron chi connectivity index (χ3n) is 3.30. The first-order chi connectivity index (χ1) is 10.1. The predicted octanol–water partition coefficient (Wildman–Crippen LogP) is 3.05. The van der Waals surface area contributed by atoms with Crippen molar-refractivity contribution in [1.29, 1.82) is 0 Å². The number of H-pyrrole nitrogens is 1. The molecule has 0 aliphatic rings. The highest BCUT2D eigenvalue weighted by Crippen LogP contribution is 2.23. The van der Waals surface area contributed by atoms with Crippen molar-refractivity contribution in [1.82, 2.24) is 15.0 Å². The van der Waals surface area contributed by atoms with Gasteiger partial charge in [-0.3, -0.25) is 4.79 Å². The second kappa shape index (κ2) is 5.67. The average Bonchev–Trinajstić information content (AvgIpc) is 3.05. The third-order valence-corrected chi connectivity index (χ3v) is 5.34. The molecular formula is C14H15N3O2S2. The zero-order valence-electron chi connectivity index (χ0n) is 12.0. The second-order valence-corrected chi connectivity index (χ2v) is 6.59. The summed E-state index contributed by atoms with van der Waals surface area (Å²) in [6.07, 6.45) is 0.507. The highest BCUT2D eigenvalue weighted by atomic mass is 32.1. The summed E-state index contributed by atoms with van der Waals surface area (Å²) in [6, 6.07) is 0. The molecule has 3 aromatic heterocycles. The maximum absolute atomic E-state index is 12.1. The van der Waals surface area contributed by atoms with Crippen LogP contribution in [0.1, 0.15) is 35.1 Å². The Bertz CT molecular complexity index is 834. The molecule has 0 fully saturated rings. The Labute approximate surface area is 129 Å². The van der Waals surface area contributed by atoms with Gasteiger partial charge in [0.05, 0.1) is 11.1 Å². The number of hydrogen-bond donors (Lipinski definition) is 1. The lowest BCUT2D eigenvalue weighted by Gasteiger charge is -2.03. The number of hydrogen-bond acceptors (Lipinski definition) is 6. The van der Waals surface area contributed by atoms with Gasteiger partial charge in [0.25, 0.3) is 5.56 Å². The summed E-state index contributed by atoms with van der Waals surface area (Å²) in [4.78, 5) is 24.8. The Morgan fingerprint density at radius 2 is 2.14 bits per heavy atom. The van der Waals surface area contributed by atoms with Gasteiger partial charge in [0.2, 0.25) is 0 Å². The van der Waals surface area contributed by atoms with Crippen LogP contribution in [0.3, 0.4) is 0 Å². The number of aromatic nitrogens is 3. The van der Waals surface area contributed by atoms with Crippen LogP contribution in [0.25, 0.3) is 10.2 Å². The van der Waals surface area contributed by atoms with E-state index >= 15 is 0 Å². The summed E-state index contributed by atoms with van der Waals surface area (Å²) in [5, 5.41) is 5.56. The Balaban J connectivity index is 1.91. The number of rotatable bonds is 4. The number of thiophene rings is 1. The highest BCUT2D eigenvalue weighted by molar-refractivity contribution is 7.16. The standard InChI is InChI=1S/C14H15N3O2S2/c1-7-5-20-14-11(7)12(18)16-10(17-14)4-9-6-21-13(15-9)8(2)19-3/h5-6,8H,4H2,1-3H3,(H,16,17,18). The fraction of sp³-hybridized carbons (Fsp3) is 0.357. The van der Waals surface area contributed by atoms with Gasteiger partial charge in [0.1, 0.15) is 21.8 Å². The molecule has 3 aromatic rings. The van der Waals surface area contributed by atoms with E-state index in [-0.39, 0.29) is 11.7 Å². The molecule has 0 radical (unpaired) electrons. The fourth-order valence-corrected chi connectivity index (χ4v) is 3.87. The first kappa shape index (κ1) is 14.4. The molecule has 1 N–H and O–H groups in total. The van der Waals surface area contributed by atoms with Crippen LogP contribution < -0.4 is 5.56 Å². The molecular weight excluding hydrogens is 306 g/mol. The highest BCUT2D eigenvalue weighted by Gasteiger charge is 2.12. The molecule has 3 rings (SSSR count). The smallest absolute Gasteiger partial charge is 0.259 e. The Morgan fingerprint density at radius 3 is 2.90 bits per heavy atom. The van der Waals surface area contributed by atoms with E-state index in [4.69, 9.17) is 4.74 Å². The molecule has 1 unspecified atom stereocenters. The van der Waals surface area contributed by atoms with Gasteiger partial charge in [-0.15, -0.1) is 22.7 Å². The van der Waals surface area contributed by atoms with Crippen LogP contribution in [0.2, 0.25) is 0 Å². The SMILES string of the molecule is COC(C)c1nc(Cc2nc3scc(C)c3c(=O)[nH]2)cs1. The number of aromatic amines is 1. The Kier molecular flexibility index (Phi) is 3.88.